The largest absolute Gasteiger partial charge is 0.302 e. The summed E-state index contributed by atoms with van der Waals surface area (Å²) in [5.41, 5.74) is 7.65. The number of rotatable bonds is 7. The molecule has 3 aromatic carbocycles. The smallest absolute Gasteiger partial charge is 0.130 e. The van der Waals surface area contributed by atoms with E-state index in [0.717, 1.165) is 36.0 Å². The van der Waals surface area contributed by atoms with Crippen molar-refractivity contribution >= 4 is 34.3 Å². The lowest BCUT2D eigenvalue weighted by molar-refractivity contribution is 0.0364. The van der Waals surface area contributed by atoms with E-state index >= 15 is 4.39 Å². The highest BCUT2D eigenvalue weighted by atomic mass is 35.5. The van der Waals surface area contributed by atoms with Gasteiger partial charge in [0.15, 0.2) is 0 Å². The van der Waals surface area contributed by atoms with Crippen molar-refractivity contribution in [3.8, 4) is 0 Å². The van der Waals surface area contributed by atoms with E-state index in [1.807, 2.05) is 36.4 Å². The molecule has 35 heavy (non-hydrogen) atoms. The molecule has 1 heterocycles. The maximum absolute atomic E-state index is 15.2. The first kappa shape index (κ1) is 24.5. The Morgan fingerprint density at radius 1 is 0.914 bits per heavy atom. The van der Waals surface area contributed by atoms with Crippen molar-refractivity contribution in [2.75, 3.05) is 26.3 Å². The lowest BCUT2D eigenvalue weighted by atomic mass is 9.86. The van der Waals surface area contributed by atoms with Crippen LogP contribution >= 0.6 is 23.2 Å². The second kappa shape index (κ2) is 10.8. The summed E-state index contributed by atoms with van der Waals surface area (Å²) in [4.78, 5) is 2.13. The number of hydrogen-bond donors (Lipinski definition) is 0. The van der Waals surface area contributed by atoms with E-state index in [1.165, 1.54) is 16.7 Å². The molecule has 0 spiro atoms. The Morgan fingerprint density at radius 3 is 2.43 bits per heavy atom. The molecule has 1 atom stereocenters. The molecule has 5 rings (SSSR count). The molecular weight excluding hydrogens is 483 g/mol. The zero-order valence-electron chi connectivity index (χ0n) is 19.6. The van der Waals surface area contributed by atoms with E-state index in [1.54, 1.807) is 6.07 Å². The molecule has 1 nitrogen and oxygen atoms in total. The summed E-state index contributed by atoms with van der Waals surface area (Å²) in [6.45, 7) is 1.79. The number of aryl methyl sites for hydroxylation is 1. The van der Waals surface area contributed by atoms with E-state index in [0.29, 0.717) is 41.7 Å². The minimum Gasteiger partial charge on any atom is -0.302 e. The number of nitrogens with zero attached hydrogens (tertiary/aromatic N) is 1. The second-order valence-electron chi connectivity index (χ2n) is 9.57. The minimum atomic E-state index is -1.01. The summed E-state index contributed by atoms with van der Waals surface area (Å²) in [7, 11) is 0. The third kappa shape index (κ3) is 5.18. The first-order valence-corrected chi connectivity index (χ1v) is 13.1. The van der Waals surface area contributed by atoms with Gasteiger partial charge in [0.2, 0.25) is 0 Å². The normalized spacial score (nSPS) is 17.6. The highest BCUT2D eigenvalue weighted by Gasteiger charge is 2.34. The molecule has 2 aliphatic rings. The van der Waals surface area contributed by atoms with E-state index in [2.05, 4.69) is 29.2 Å². The first-order valence-electron chi connectivity index (χ1n) is 12.3. The number of alkyl halides is 2. The molecule has 1 aliphatic carbocycles. The van der Waals surface area contributed by atoms with Crippen LogP contribution in [0.3, 0.4) is 0 Å². The number of benzene rings is 3. The lowest BCUT2D eigenvalue weighted by Crippen LogP contribution is -2.48. The fraction of sp³-hybridized carbons (Fsp3) is 0.333. The predicted octanol–water partition coefficient (Wildman–Crippen LogP) is 8.59. The van der Waals surface area contributed by atoms with Crippen LogP contribution in [0.1, 0.15) is 53.3 Å². The summed E-state index contributed by atoms with van der Waals surface area (Å²) >= 11 is 12.9. The predicted molar refractivity (Wildman–Crippen MR) is 143 cm³/mol. The summed E-state index contributed by atoms with van der Waals surface area (Å²) in [6, 6.07) is 22.1. The average molecular weight is 512 g/mol. The highest BCUT2D eigenvalue weighted by Crippen LogP contribution is 2.43. The van der Waals surface area contributed by atoms with Crippen LogP contribution in [0.15, 0.2) is 66.7 Å². The Bertz CT molecular complexity index is 1220. The van der Waals surface area contributed by atoms with Gasteiger partial charge in [-0.2, -0.15) is 0 Å². The van der Waals surface area contributed by atoms with Gasteiger partial charge in [0.25, 0.3) is 0 Å². The molecule has 0 N–H and O–H groups in total. The second-order valence-corrected chi connectivity index (χ2v) is 10.4. The van der Waals surface area contributed by atoms with Gasteiger partial charge in [0.1, 0.15) is 6.17 Å². The minimum absolute atomic E-state index is 0.0262. The van der Waals surface area contributed by atoms with Crippen molar-refractivity contribution in [2.24, 2.45) is 5.92 Å². The molecule has 0 saturated carbocycles. The maximum Gasteiger partial charge on any atom is 0.130 e. The molecular formula is C30H29Cl2F2N. The van der Waals surface area contributed by atoms with Gasteiger partial charge in [0.05, 0.1) is 6.67 Å². The summed E-state index contributed by atoms with van der Waals surface area (Å²) in [5.74, 6) is -0.0262. The van der Waals surface area contributed by atoms with Gasteiger partial charge in [-0.05, 0) is 76.8 Å². The topological polar surface area (TPSA) is 3.24 Å². The Kier molecular flexibility index (Phi) is 7.57. The molecule has 5 heteroatoms. The van der Waals surface area contributed by atoms with Gasteiger partial charge in [-0.15, -0.1) is 0 Å². The van der Waals surface area contributed by atoms with E-state index in [-0.39, 0.29) is 12.6 Å². The zero-order valence-corrected chi connectivity index (χ0v) is 21.1. The van der Waals surface area contributed by atoms with Gasteiger partial charge in [0, 0.05) is 35.6 Å². The molecule has 0 aromatic heterocycles. The molecule has 1 fully saturated rings. The van der Waals surface area contributed by atoms with Gasteiger partial charge < -0.3 is 4.90 Å². The van der Waals surface area contributed by atoms with Crippen molar-refractivity contribution in [1.29, 1.82) is 0 Å². The van der Waals surface area contributed by atoms with Crippen LogP contribution in [0.5, 0.6) is 0 Å². The number of allylic oxidation sites excluding steroid dienone is 1. The van der Waals surface area contributed by atoms with Crippen LogP contribution in [0.2, 0.25) is 10.0 Å². The van der Waals surface area contributed by atoms with Crippen molar-refractivity contribution < 1.29 is 8.78 Å². The third-order valence-electron chi connectivity index (χ3n) is 7.24. The van der Waals surface area contributed by atoms with Crippen molar-refractivity contribution in [3.63, 3.8) is 0 Å². The van der Waals surface area contributed by atoms with Gasteiger partial charge >= 0.3 is 0 Å². The number of likely N-dealkylation sites (tertiary alicyclic amines) is 1. The number of hydrogen-bond acceptors (Lipinski definition) is 1. The summed E-state index contributed by atoms with van der Waals surface area (Å²) < 4.78 is 27.6. The molecule has 3 aromatic rings. The van der Waals surface area contributed by atoms with Gasteiger partial charge in [-0.25, -0.2) is 4.39 Å². The lowest BCUT2D eigenvalue weighted by Gasteiger charge is -2.41. The summed E-state index contributed by atoms with van der Waals surface area (Å²) in [6.07, 6.45) is 2.44. The third-order valence-corrected chi connectivity index (χ3v) is 7.79. The molecule has 0 amide bonds. The van der Waals surface area contributed by atoms with Crippen molar-refractivity contribution in [2.45, 2.75) is 31.9 Å². The summed E-state index contributed by atoms with van der Waals surface area (Å²) in [5, 5.41) is 1.26. The maximum atomic E-state index is 15.2. The highest BCUT2D eigenvalue weighted by molar-refractivity contribution is 6.36. The van der Waals surface area contributed by atoms with Crippen LogP contribution in [0.25, 0.3) is 11.1 Å². The number of fused-ring (bicyclic) bond motifs is 1. The van der Waals surface area contributed by atoms with Crippen LogP contribution in [-0.4, -0.2) is 31.2 Å². The standard InChI is InChI=1S/C30H29Cl2F2N/c31-24-13-14-26(28(32)17-24)27-8-3-6-20-5-1-2-7-25(20)29(27)21-9-11-22(12-10-21)30(34)23-18-35(19-23)16-4-15-33/h1-2,5,7,9-14,17,23,30H,3-4,6,8,15-16,18-19H2. The Morgan fingerprint density at radius 2 is 1.69 bits per heavy atom. The Labute approximate surface area is 216 Å². The number of halogens is 4. The fourth-order valence-corrected chi connectivity index (χ4v) is 5.95. The van der Waals surface area contributed by atoms with Gasteiger partial charge in [-0.3, -0.25) is 4.39 Å². The Hall–Kier alpha value is -2.20. The van der Waals surface area contributed by atoms with Crippen LogP contribution < -0.4 is 0 Å². The molecule has 1 saturated heterocycles. The quantitative estimate of drug-likeness (QED) is 0.306. The van der Waals surface area contributed by atoms with Crippen LogP contribution in [0.4, 0.5) is 8.78 Å². The van der Waals surface area contributed by atoms with Gasteiger partial charge in [-0.1, -0.05) is 77.8 Å². The van der Waals surface area contributed by atoms with Crippen molar-refractivity contribution in [1.82, 2.24) is 4.90 Å². The van der Waals surface area contributed by atoms with Crippen LogP contribution in [0, 0.1) is 5.92 Å². The van der Waals surface area contributed by atoms with E-state index < -0.39 is 6.17 Å². The average Bonchev–Trinajstić information content (AvgIpc) is 3.03. The van der Waals surface area contributed by atoms with Crippen molar-refractivity contribution in [3.05, 3.63) is 105 Å². The zero-order chi connectivity index (χ0) is 24.4. The molecule has 1 aliphatic heterocycles. The SMILES string of the molecule is FCCCN1CC(C(F)c2ccc(C3=C(c4ccc(Cl)cc4Cl)CCCc4ccccc43)cc2)C1. The van der Waals surface area contributed by atoms with E-state index in [9.17, 15) is 4.39 Å². The Balaban J connectivity index is 1.49. The monoisotopic (exact) mass is 511 g/mol. The molecule has 0 bridgehead atoms. The molecule has 182 valence electrons. The van der Waals surface area contributed by atoms with Crippen LogP contribution in [-0.2, 0) is 6.42 Å². The molecule has 0 radical (unpaired) electrons. The first-order chi connectivity index (χ1) is 17.0. The van der Waals surface area contributed by atoms with E-state index in [4.69, 9.17) is 23.2 Å². The fourth-order valence-electron chi connectivity index (χ4n) is 5.43. The molecule has 1 unspecified atom stereocenters.